The van der Waals surface area contributed by atoms with Crippen molar-refractivity contribution in [2.45, 2.75) is 0 Å². The lowest BCUT2D eigenvalue weighted by Gasteiger charge is -2.10. The number of ether oxygens (including phenoxy) is 1. The van der Waals surface area contributed by atoms with Crippen LogP contribution in [-0.2, 0) is 0 Å². The van der Waals surface area contributed by atoms with Crippen molar-refractivity contribution in [1.82, 2.24) is 29.5 Å². The predicted molar refractivity (Wildman–Crippen MR) is 120 cm³/mol. The first-order valence-electron chi connectivity index (χ1n) is 9.60. The molecule has 5 rings (SSSR count). The van der Waals surface area contributed by atoms with Gasteiger partial charge in [-0.25, -0.2) is 15.0 Å². The summed E-state index contributed by atoms with van der Waals surface area (Å²) in [5.74, 6) is 2.22. The van der Waals surface area contributed by atoms with Crippen LogP contribution in [0.1, 0.15) is 0 Å². The molecule has 0 aliphatic rings. The SMILES string of the molecule is c1ccc(OCCNc2nc(Nc3ncccn3)nc3c2ncn3-c2ccsc2)cc1. The van der Waals surface area contributed by atoms with Crippen molar-refractivity contribution in [2.75, 3.05) is 23.8 Å². The fourth-order valence-electron chi connectivity index (χ4n) is 2.98. The Morgan fingerprint density at radius 2 is 1.81 bits per heavy atom. The number of thiophene rings is 1. The number of fused-ring (bicyclic) bond motifs is 1. The van der Waals surface area contributed by atoms with E-state index in [1.54, 1.807) is 36.1 Å². The highest BCUT2D eigenvalue weighted by atomic mass is 32.1. The molecule has 4 aromatic heterocycles. The fourth-order valence-corrected chi connectivity index (χ4v) is 3.61. The molecule has 0 radical (unpaired) electrons. The Morgan fingerprint density at radius 3 is 2.61 bits per heavy atom. The Balaban J connectivity index is 1.42. The van der Waals surface area contributed by atoms with E-state index in [0.29, 0.717) is 42.0 Å². The zero-order chi connectivity index (χ0) is 20.9. The van der Waals surface area contributed by atoms with Crippen LogP contribution in [0.25, 0.3) is 16.9 Å². The normalized spacial score (nSPS) is 10.8. The summed E-state index contributed by atoms with van der Waals surface area (Å²) in [5.41, 5.74) is 2.34. The zero-order valence-electron chi connectivity index (χ0n) is 16.3. The molecule has 1 aromatic carbocycles. The van der Waals surface area contributed by atoms with Crippen LogP contribution >= 0.6 is 11.3 Å². The second-order valence-corrected chi connectivity index (χ2v) is 7.23. The number of imidazole rings is 1. The molecule has 0 fully saturated rings. The molecule has 31 heavy (non-hydrogen) atoms. The highest BCUT2D eigenvalue weighted by Gasteiger charge is 2.15. The molecule has 9 nitrogen and oxygen atoms in total. The molecule has 4 heterocycles. The summed E-state index contributed by atoms with van der Waals surface area (Å²) in [6.07, 6.45) is 5.06. The monoisotopic (exact) mass is 430 g/mol. The minimum Gasteiger partial charge on any atom is -0.492 e. The number of aromatic nitrogens is 6. The minimum atomic E-state index is 0.377. The van der Waals surface area contributed by atoms with Crippen molar-refractivity contribution in [1.29, 1.82) is 0 Å². The number of para-hydroxylation sites is 1. The molecule has 0 atom stereocenters. The van der Waals surface area contributed by atoms with Crippen LogP contribution in [0.4, 0.5) is 17.7 Å². The Labute approximate surface area is 181 Å². The molecule has 0 amide bonds. The predicted octanol–water partition coefficient (Wildman–Crippen LogP) is 3.90. The largest absolute Gasteiger partial charge is 0.492 e. The van der Waals surface area contributed by atoms with Gasteiger partial charge in [-0.2, -0.15) is 21.3 Å². The van der Waals surface area contributed by atoms with E-state index in [-0.39, 0.29) is 0 Å². The lowest BCUT2D eigenvalue weighted by Crippen LogP contribution is -2.14. The van der Waals surface area contributed by atoms with Gasteiger partial charge in [-0.15, -0.1) is 0 Å². The third-order valence-corrected chi connectivity index (χ3v) is 5.05. The van der Waals surface area contributed by atoms with E-state index in [1.165, 1.54) is 0 Å². The number of hydrogen-bond donors (Lipinski definition) is 2. The van der Waals surface area contributed by atoms with Crippen LogP contribution in [0, 0.1) is 0 Å². The summed E-state index contributed by atoms with van der Waals surface area (Å²) in [5, 5.41) is 10.4. The van der Waals surface area contributed by atoms with Gasteiger partial charge in [-0.1, -0.05) is 18.2 Å². The van der Waals surface area contributed by atoms with Gasteiger partial charge in [0, 0.05) is 17.8 Å². The smallest absolute Gasteiger partial charge is 0.233 e. The highest BCUT2D eigenvalue weighted by molar-refractivity contribution is 7.08. The quantitative estimate of drug-likeness (QED) is 0.357. The second-order valence-electron chi connectivity index (χ2n) is 6.45. The van der Waals surface area contributed by atoms with Gasteiger partial charge in [0.25, 0.3) is 0 Å². The van der Waals surface area contributed by atoms with Gasteiger partial charge in [0.2, 0.25) is 11.9 Å². The third-order valence-electron chi connectivity index (χ3n) is 4.38. The van der Waals surface area contributed by atoms with Crippen molar-refractivity contribution in [3.63, 3.8) is 0 Å². The maximum atomic E-state index is 5.76. The van der Waals surface area contributed by atoms with Crippen LogP contribution in [0.3, 0.4) is 0 Å². The molecule has 2 N–H and O–H groups in total. The van der Waals surface area contributed by atoms with E-state index in [2.05, 4.69) is 35.6 Å². The first-order valence-corrected chi connectivity index (χ1v) is 10.5. The van der Waals surface area contributed by atoms with Gasteiger partial charge in [0.15, 0.2) is 17.0 Å². The molecular formula is C21H18N8OS. The summed E-state index contributed by atoms with van der Waals surface area (Å²) in [6, 6.07) is 13.5. The summed E-state index contributed by atoms with van der Waals surface area (Å²) >= 11 is 1.61. The molecule has 5 aromatic rings. The van der Waals surface area contributed by atoms with Gasteiger partial charge in [-0.05, 0) is 29.6 Å². The van der Waals surface area contributed by atoms with Crippen molar-refractivity contribution >= 4 is 40.2 Å². The summed E-state index contributed by atoms with van der Waals surface area (Å²) < 4.78 is 7.69. The molecule has 0 unspecified atom stereocenters. The minimum absolute atomic E-state index is 0.377. The number of hydrogen-bond acceptors (Lipinski definition) is 9. The van der Waals surface area contributed by atoms with Gasteiger partial charge in [0.05, 0.1) is 12.2 Å². The topological polar surface area (TPSA) is 103 Å². The number of anilines is 3. The Bertz CT molecular complexity index is 1260. The summed E-state index contributed by atoms with van der Waals surface area (Å²) in [4.78, 5) is 22.2. The first kappa shape index (κ1) is 18.9. The summed E-state index contributed by atoms with van der Waals surface area (Å²) in [6.45, 7) is 1.03. The number of benzene rings is 1. The highest BCUT2D eigenvalue weighted by Crippen LogP contribution is 2.25. The van der Waals surface area contributed by atoms with Crippen molar-refractivity contribution in [3.8, 4) is 11.4 Å². The standard InChI is InChI=1S/C21H18N8OS/c1-2-5-16(6-3-1)30-11-10-22-18-17-19(29(14-25-17)15-7-12-31-13-15)27-21(26-18)28-20-23-8-4-9-24-20/h1-9,12-14H,10-11H2,(H2,22,23,24,26,27,28). The fraction of sp³-hybridized carbons (Fsp3) is 0.0952. The molecular weight excluding hydrogens is 412 g/mol. The Morgan fingerprint density at radius 1 is 0.935 bits per heavy atom. The van der Waals surface area contributed by atoms with Gasteiger partial charge in [-0.3, -0.25) is 9.88 Å². The van der Waals surface area contributed by atoms with Crippen LogP contribution in [0.2, 0.25) is 0 Å². The van der Waals surface area contributed by atoms with E-state index in [4.69, 9.17) is 4.74 Å². The lowest BCUT2D eigenvalue weighted by atomic mass is 10.3. The third kappa shape index (κ3) is 4.28. The van der Waals surface area contributed by atoms with E-state index in [1.807, 2.05) is 51.7 Å². The molecule has 0 saturated heterocycles. The maximum Gasteiger partial charge on any atom is 0.233 e. The van der Waals surface area contributed by atoms with E-state index < -0.39 is 0 Å². The Kier molecular flexibility index (Phi) is 5.35. The average Bonchev–Trinajstić information content (AvgIpc) is 3.48. The molecule has 0 spiro atoms. The number of nitrogens with one attached hydrogen (secondary N) is 2. The van der Waals surface area contributed by atoms with E-state index in [9.17, 15) is 0 Å². The number of rotatable bonds is 8. The van der Waals surface area contributed by atoms with Crippen molar-refractivity contribution in [3.05, 3.63) is 71.9 Å². The average molecular weight is 430 g/mol. The molecule has 10 heteroatoms. The van der Waals surface area contributed by atoms with E-state index >= 15 is 0 Å². The first-order chi connectivity index (χ1) is 15.4. The molecule has 154 valence electrons. The zero-order valence-corrected chi connectivity index (χ0v) is 17.2. The molecule has 0 bridgehead atoms. The van der Waals surface area contributed by atoms with Crippen molar-refractivity contribution < 1.29 is 4.74 Å². The van der Waals surface area contributed by atoms with Crippen LogP contribution in [0.15, 0.2) is 71.9 Å². The second kappa shape index (κ2) is 8.76. The number of nitrogens with zero attached hydrogens (tertiary/aromatic N) is 6. The Hall–Kier alpha value is -4.05. The van der Waals surface area contributed by atoms with Gasteiger partial charge < -0.3 is 10.1 Å². The maximum absolute atomic E-state index is 5.76. The van der Waals surface area contributed by atoms with Gasteiger partial charge in [0.1, 0.15) is 18.7 Å². The van der Waals surface area contributed by atoms with E-state index in [0.717, 1.165) is 11.4 Å². The molecule has 0 saturated carbocycles. The van der Waals surface area contributed by atoms with Crippen LogP contribution < -0.4 is 15.4 Å². The molecule has 0 aliphatic heterocycles. The molecule has 0 aliphatic carbocycles. The lowest BCUT2D eigenvalue weighted by molar-refractivity contribution is 0.333. The van der Waals surface area contributed by atoms with Crippen LogP contribution in [-0.4, -0.2) is 42.6 Å². The summed E-state index contributed by atoms with van der Waals surface area (Å²) in [7, 11) is 0. The van der Waals surface area contributed by atoms with Crippen LogP contribution in [0.5, 0.6) is 5.75 Å². The van der Waals surface area contributed by atoms with Crippen molar-refractivity contribution in [2.24, 2.45) is 0 Å². The van der Waals surface area contributed by atoms with Gasteiger partial charge >= 0.3 is 0 Å².